The molecule has 0 spiro atoms. The number of rotatable bonds is 2. The summed E-state index contributed by atoms with van der Waals surface area (Å²) in [5.74, 6) is 0.922. The van der Waals surface area contributed by atoms with Crippen molar-refractivity contribution in [3.8, 4) is 17.1 Å². The normalized spacial score (nSPS) is 13.4. The first-order chi connectivity index (χ1) is 9.92. The SMILES string of the molecule is c1cc(-c2nccn2-c2ccc3c(c2)COC3)ccn1. The second-order valence-electron chi connectivity index (χ2n) is 4.80. The fourth-order valence-corrected chi connectivity index (χ4v) is 2.53. The number of pyridine rings is 1. The van der Waals surface area contributed by atoms with Crippen LogP contribution in [0.3, 0.4) is 0 Å². The number of hydrogen-bond acceptors (Lipinski definition) is 3. The topological polar surface area (TPSA) is 39.9 Å². The highest BCUT2D eigenvalue weighted by Gasteiger charge is 2.13. The fraction of sp³-hybridized carbons (Fsp3) is 0.125. The minimum Gasteiger partial charge on any atom is -0.372 e. The van der Waals surface area contributed by atoms with Gasteiger partial charge in [-0.05, 0) is 35.4 Å². The summed E-state index contributed by atoms with van der Waals surface area (Å²) in [5.41, 5.74) is 4.71. The van der Waals surface area contributed by atoms with E-state index >= 15 is 0 Å². The molecule has 0 amide bonds. The third-order valence-corrected chi connectivity index (χ3v) is 3.56. The Morgan fingerprint density at radius 3 is 2.70 bits per heavy atom. The van der Waals surface area contributed by atoms with E-state index in [4.69, 9.17) is 4.74 Å². The third kappa shape index (κ3) is 1.82. The van der Waals surface area contributed by atoms with Crippen molar-refractivity contribution in [3.05, 3.63) is 66.2 Å². The van der Waals surface area contributed by atoms with Gasteiger partial charge in [0, 0.05) is 36.0 Å². The van der Waals surface area contributed by atoms with Crippen molar-refractivity contribution in [1.82, 2.24) is 14.5 Å². The Balaban J connectivity index is 1.82. The number of aromatic nitrogens is 3. The quantitative estimate of drug-likeness (QED) is 0.713. The summed E-state index contributed by atoms with van der Waals surface area (Å²) in [6.45, 7) is 1.42. The number of fused-ring (bicyclic) bond motifs is 1. The maximum Gasteiger partial charge on any atom is 0.144 e. The van der Waals surface area contributed by atoms with Gasteiger partial charge in [0.25, 0.3) is 0 Å². The minimum atomic E-state index is 0.697. The van der Waals surface area contributed by atoms with Crippen LogP contribution < -0.4 is 0 Å². The standard InChI is InChI=1S/C16H13N3O/c1-2-15(9-14-11-20-10-13(1)14)19-8-7-18-16(19)12-3-5-17-6-4-12/h1-9H,10-11H2. The lowest BCUT2D eigenvalue weighted by molar-refractivity contribution is 0.134. The van der Waals surface area contributed by atoms with Crippen molar-refractivity contribution in [1.29, 1.82) is 0 Å². The zero-order valence-electron chi connectivity index (χ0n) is 10.9. The van der Waals surface area contributed by atoms with Gasteiger partial charge in [-0.25, -0.2) is 4.98 Å². The van der Waals surface area contributed by atoms with Crippen molar-refractivity contribution >= 4 is 0 Å². The molecule has 0 atom stereocenters. The van der Waals surface area contributed by atoms with Crippen LogP contribution >= 0.6 is 0 Å². The van der Waals surface area contributed by atoms with Crippen molar-refractivity contribution in [3.63, 3.8) is 0 Å². The molecule has 4 heteroatoms. The lowest BCUT2D eigenvalue weighted by Gasteiger charge is -2.09. The fourth-order valence-electron chi connectivity index (χ4n) is 2.53. The number of ether oxygens (including phenoxy) is 1. The minimum absolute atomic E-state index is 0.697. The summed E-state index contributed by atoms with van der Waals surface area (Å²) in [6.07, 6.45) is 7.36. The largest absolute Gasteiger partial charge is 0.372 e. The molecule has 1 aromatic carbocycles. The number of imidazole rings is 1. The number of hydrogen-bond donors (Lipinski definition) is 0. The highest BCUT2D eigenvalue weighted by Crippen LogP contribution is 2.25. The van der Waals surface area contributed by atoms with E-state index in [0.29, 0.717) is 6.61 Å². The zero-order valence-corrected chi connectivity index (χ0v) is 10.9. The second-order valence-corrected chi connectivity index (χ2v) is 4.80. The van der Waals surface area contributed by atoms with E-state index in [1.807, 2.05) is 24.5 Å². The maximum atomic E-state index is 5.47. The molecular weight excluding hydrogens is 250 g/mol. The Morgan fingerprint density at radius 1 is 0.950 bits per heavy atom. The lowest BCUT2D eigenvalue weighted by Crippen LogP contribution is -1.97. The first-order valence-electron chi connectivity index (χ1n) is 6.55. The van der Waals surface area contributed by atoms with E-state index in [9.17, 15) is 0 Å². The van der Waals surface area contributed by atoms with Gasteiger partial charge >= 0.3 is 0 Å². The van der Waals surface area contributed by atoms with Crippen LogP contribution in [-0.4, -0.2) is 14.5 Å². The summed E-state index contributed by atoms with van der Waals surface area (Å²) in [4.78, 5) is 8.51. The van der Waals surface area contributed by atoms with Gasteiger partial charge in [0.15, 0.2) is 0 Å². The molecule has 0 N–H and O–H groups in total. The van der Waals surface area contributed by atoms with Crippen molar-refractivity contribution < 1.29 is 4.74 Å². The van der Waals surface area contributed by atoms with Crippen LogP contribution in [0.1, 0.15) is 11.1 Å². The van der Waals surface area contributed by atoms with E-state index in [0.717, 1.165) is 23.7 Å². The van der Waals surface area contributed by atoms with E-state index in [1.54, 1.807) is 12.4 Å². The average molecular weight is 263 g/mol. The van der Waals surface area contributed by atoms with Crippen molar-refractivity contribution in [2.24, 2.45) is 0 Å². The molecule has 1 aliphatic rings. The molecule has 0 aliphatic carbocycles. The molecule has 3 aromatic rings. The molecule has 3 heterocycles. The van der Waals surface area contributed by atoms with Crippen LogP contribution in [0.4, 0.5) is 0 Å². The molecule has 0 saturated carbocycles. The Morgan fingerprint density at radius 2 is 1.80 bits per heavy atom. The maximum absolute atomic E-state index is 5.47. The Kier molecular flexibility index (Phi) is 2.60. The van der Waals surface area contributed by atoms with E-state index in [-0.39, 0.29) is 0 Å². The second kappa shape index (κ2) is 4.58. The molecule has 0 fully saturated rings. The van der Waals surface area contributed by atoms with E-state index < -0.39 is 0 Å². The number of benzene rings is 1. The summed E-state index contributed by atoms with van der Waals surface area (Å²) in [5, 5.41) is 0. The molecule has 98 valence electrons. The predicted molar refractivity (Wildman–Crippen MR) is 75.3 cm³/mol. The van der Waals surface area contributed by atoms with Crippen LogP contribution in [-0.2, 0) is 18.0 Å². The summed E-state index contributed by atoms with van der Waals surface area (Å²) in [7, 11) is 0. The molecule has 2 aromatic heterocycles. The molecular formula is C16H13N3O. The highest BCUT2D eigenvalue weighted by molar-refractivity contribution is 5.58. The molecule has 1 aliphatic heterocycles. The highest BCUT2D eigenvalue weighted by atomic mass is 16.5. The van der Waals surface area contributed by atoms with Crippen molar-refractivity contribution in [2.45, 2.75) is 13.2 Å². The predicted octanol–water partition coefficient (Wildman–Crippen LogP) is 2.96. The molecule has 0 radical (unpaired) electrons. The summed E-state index contributed by atoms with van der Waals surface area (Å²) in [6, 6.07) is 10.4. The molecule has 0 saturated heterocycles. The van der Waals surface area contributed by atoms with Gasteiger partial charge in [0.1, 0.15) is 5.82 Å². The number of nitrogens with zero attached hydrogens (tertiary/aromatic N) is 3. The summed E-state index contributed by atoms with van der Waals surface area (Å²) >= 11 is 0. The molecule has 0 unspecified atom stereocenters. The van der Waals surface area contributed by atoms with Gasteiger partial charge in [-0.3, -0.25) is 9.55 Å². The van der Waals surface area contributed by atoms with Gasteiger partial charge in [0.05, 0.1) is 13.2 Å². The summed E-state index contributed by atoms with van der Waals surface area (Å²) < 4.78 is 7.56. The Hall–Kier alpha value is -2.46. The van der Waals surface area contributed by atoms with Gasteiger partial charge < -0.3 is 4.74 Å². The van der Waals surface area contributed by atoms with Crippen LogP contribution in [0.5, 0.6) is 0 Å². The first kappa shape index (κ1) is 11.4. The molecule has 4 rings (SSSR count). The lowest BCUT2D eigenvalue weighted by atomic mass is 10.1. The van der Waals surface area contributed by atoms with Crippen LogP contribution in [0.15, 0.2) is 55.1 Å². The molecule has 4 nitrogen and oxygen atoms in total. The van der Waals surface area contributed by atoms with Crippen molar-refractivity contribution in [2.75, 3.05) is 0 Å². The van der Waals surface area contributed by atoms with Crippen LogP contribution in [0, 0.1) is 0 Å². The molecule has 20 heavy (non-hydrogen) atoms. The molecule has 0 bridgehead atoms. The van der Waals surface area contributed by atoms with Crippen LogP contribution in [0.25, 0.3) is 17.1 Å². The first-order valence-corrected chi connectivity index (χ1v) is 6.55. The van der Waals surface area contributed by atoms with E-state index in [1.165, 1.54) is 11.1 Å². The van der Waals surface area contributed by atoms with Crippen LogP contribution in [0.2, 0.25) is 0 Å². The van der Waals surface area contributed by atoms with Gasteiger partial charge in [-0.15, -0.1) is 0 Å². The van der Waals surface area contributed by atoms with Gasteiger partial charge in [-0.2, -0.15) is 0 Å². The third-order valence-electron chi connectivity index (χ3n) is 3.56. The smallest absolute Gasteiger partial charge is 0.144 e. The Bertz CT molecular complexity index is 749. The zero-order chi connectivity index (χ0) is 13.4. The monoisotopic (exact) mass is 263 g/mol. The van der Waals surface area contributed by atoms with E-state index in [2.05, 4.69) is 32.7 Å². The van der Waals surface area contributed by atoms with Gasteiger partial charge in [-0.1, -0.05) is 6.07 Å². The Labute approximate surface area is 116 Å². The average Bonchev–Trinajstić information content (AvgIpc) is 3.16. The van der Waals surface area contributed by atoms with Gasteiger partial charge in [0.2, 0.25) is 0 Å².